The van der Waals surface area contributed by atoms with Crippen LogP contribution >= 0.6 is 23.5 Å². The molecule has 0 aliphatic carbocycles. The molecule has 0 aliphatic rings. The Morgan fingerprint density at radius 1 is 1.50 bits per heavy atom. The Morgan fingerprint density at radius 2 is 2.14 bits per heavy atom. The van der Waals surface area contributed by atoms with Gasteiger partial charge in [0.1, 0.15) is 0 Å². The summed E-state index contributed by atoms with van der Waals surface area (Å²) in [5, 5.41) is 0.646. The van der Waals surface area contributed by atoms with Gasteiger partial charge in [-0.2, -0.15) is 4.40 Å². The minimum atomic E-state index is 0.402. The first-order chi connectivity index (χ1) is 6.77. The fraction of sp³-hybridized carbons (Fsp3) is 0.111. The third-order valence-electron chi connectivity index (χ3n) is 1.46. The van der Waals surface area contributed by atoms with Crippen LogP contribution in [0.15, 0.2) is 28.7 Å². The van der Waals surface area contributed by atoms with E-state index in [1.165, 1.54) is 7.11 Å². The van der Waals surface area contributed by atoms with Crippen LogP contribution in [0.25, 0.3) is 0 Å². The number of benzene rings is 1. The molecule has 1 rings (SSSR count). The van der Waals surface area contributed by atoms with E-state index in [0.717, 1.165) is 17.5 Å². The average Bonchev–Trinajstić information content (AvgIpc) is 2.21. The molecular weight excluding hydrogens is 222 g/mol. The minimum Gasteiger partial charge on any atom is -0.480 e. The number of ether oxygens (including phenoxy) is 1. The van der Waals surface area contributed by atoms with Crippen molar-refractivity contribution >= 4 is 35.1 Å². The van der Waals surface area contributed by atoms with Gasteiger partial charge in [-0.05, 0) is 24.3 Å². The lowest BCUT2D eigenvalue weighted by molar-refractivity contribution is 0.406. The first kappa shape index (κ1) is 11.1. The van der Waals surface area contributed by atoms with Crippen molar-refractivity contribution in [1.82, 2.24) is 0 Å². The Balaban J connectivity index is 2.89. The lowest BCUT2D eigenvalue weighted by atomic mass is 10.2. The molecule has 0 atom stereocenters. The van der Waals surface area contributed by atoms with E-state index in [1.54, 1.807) is 24.3 Å². The van der Waals surface area contributed by atoms with Crippen molar-refractivity contribution < 1.29 is 9.53 Å². The zero-order valence-corrected chi connectivity index (χ0v) is 9.01. The van der Waals surface area contributed by atoms with Gasteiger partial charge < -0.3 is 4.74 Å². The molecule has 0 spiro atoms. The molecule has 0 bridgehead atoms. The van der Waals surface area contributed by atoms with E-state index >= 15 is 0 Å². The van der Waals surface area contributed by atoms with Crippen LogP contribution in [-0.2, 0) is 9.53 Å². The van der Waals surface area contributed by atoms with Crippen LogP contribution < -0.4 is 0 Å². The predicted molar refractivity (Wildman–Crippen MR) is 59.3 cm³/mol. The van der Waals surface area contributed by atoms with Crippen LogP contribution in [0.1, 0.15) is 5.56 Å². The van der Waals surface area contributed by atoms with Gasteiger partial charge in [-0.3, -0.25) is 4.79 Å². The van der Waals surface area contributed by atoms with Gasteiger partial charge in [-0.15, -0.1) is 0 Å². The van der Waals surface area contributed by atoms with Crippen molar-refractivity contribution in [3.63, 3.8) is 0 Å². The lowest BCUT2D eigenvalue weighted by Gasteiger charge is -2.03. The van der Waals surface area contributed by atoms with E-state index in [1.807, 2.05) is 0 Å². The summed E-state index contributed by atoms with van der Waals surface area (Å²) in [5.74, 6) is 0.402. The van der Waals surface area contributed by atoms with Gasteiger partial charge >= 0.3 is 0 Å². The third-order valence-corrected chi connectivity index (χ3v) is 2.07. The minimum absolute atomic E-state index is 0.402. The number of carbonyl (C=O) groups is 1. The maximum Gasteiger partial charge on any atom is 0.227 e. The number of hydrogen-bond donors (Lipinski definition) is 0. The van der Waals surface area contributed by atoms with Crippen LogP contribution in [0, 0.1) is 0 Å². The molecule has 0 heterocycles. The molecule has 0 saturated carbocycles. The Kier molecular flexibility index (Phi) is 4.49. The van der Waals surface area contributed by atoms with Crippen molar-refractivity contribution in [1.29, 1.82) is 0 Å². The van der Waals surface area contributed by atoms with Crippen LogP contribution in [0.5, 0.6) is 0 Å². The van der Waals surface area contributed by atoms with Crippen molar-refractivity contribution in [2.24, 2.45) is 4.40 Å². The summed E-state index contributed by atoms with van der Waals surface area (Å²) in [4.78, 5) is 10.1. The Morgan fingerprint density at radius 3 is 2.64 bits per heavy atom. The topological polar surface area (TPSA) is 38.7 Å². The zero-order valence-electron chi connectivity index (χ0n) is 7.44. The van der Waals surface area contributed by atoms with E-state index in [-0.39, 0.29) is 0 Å². The lowest BCUT2D eigenvalue weighted by Crippen LogP contribution is -2.01. The molecule has 0 fully saturated rings. The van der Waals surface area contributed by atoms with Gasteiger partial charge in [0, 0.05) is 10.6 Å². The average molecular weight is 230 g/mol. The maximum atomic E-state index is 10.1. The maximum absolute atomic E-state index is 10.1. The van der Waals surface area contributed by atoms with Crippen molar-refractivity contribution in [3.05, 3.63) is 34.9 Å². The second-order valence-corrected chi connectivity index (χ2v) is 3.33. The summed E-state index contributed by atoms with van der Waals surface area (Å²) in [6.07, 6.45) is 0. The van der Waals surface area contributed by atoms with Gasteiger partial charge in [-0.25, -0.2) is 0 Å². The van der Waals surface area contributed by atoms with Crippen LogP contribution in [0.2, 0.25) is 5.02 Å². The number of methoxy groups -OCH3 is 1. The Labute approximate surface area is 91.3 Å². The number of rotatable bonds is 3. The molecule has 0 N–H and O–H groups in total. The SMILES string of the molecule is CO/C(=N\SC=O)c1ccc(Cl)cc1. The van der Waals surface area contributed by atoms with Crippen LogP contribution in [0.3, 0.4) is 0 Å². The number of carbonyl (C=O) groups excluding carboxylic acids is 1. The van der Waals surface area contributed by atoms with E-state index in [0.29, 0.717) is 16.5 Å². The molecule has 0 unspecified atom stereocenters. The molecule has 3 nitrogen and oxygen atoms in total. The van der Waals surface area contributed by atoms with Gasteiger partial charge in [0.05, 0.1) is 19.1 Å². The largest absolute Gasteiger partial charge is 0.480 e. The molecular formula is C9H8ClNO2S. The van der Waals surface area contributed by atoms with Gasteiger partial charge in [-0.1, -0.05) is 11.6 Å². The second kappa shape index (κ2) is 5.67. The molecule has 1 aromatic carbocycles. The molecule has 14 heavy (non-hydrogen) atoms. The summed E-state index contributed by atoms with van der Waals surface area (Å²) in [5.41, 5.74) is 1.42. The fourth-order valence-electron chi connectivity index (χ4n) is 0.870. The number of hydrogen-bond acceptors (Lipinski definition) is 4. The molecule has 0 aliphatic heterocycles. The first-order valence-corrected chi connectivity index (χ1v) is 4.96. The highest BCUT2D eigenvalue weighted by molar-refractivity contribution is 8.10. The van der Waals surface area contributed by atoms with E-state index < -0.39 is 0 Å². The summed E-state index contributed by atoms with van der Waals surface area (Å²) in [7, 11) is 1.50. The first-order valence-electron chi connectivity index (χ1n) is 3.75. The predicted octanol–water partition coefficient (Wildman–Crippen LogP) is 2.57. The highest BCUT2D eigenvalue weighted by Crippen LogP contribution is 2.12. The quantitative estimate of drug-likeness (QED) is 0.346. The Hall–Kier alpha value is -1.00. The molecule has 1 aromatic rings. The molecule has 0 radical (unpaired) electrons. The monoisotopic (exact) mass is 229 g/mol. The van der Waals surface area contributed by atoms with Crippen LogP contribution in [0.4, 0.5) is 0 Å². The van der Waals surface area contributed by atoms with Gasteiger partial charge in [0.15, 0.2) is 5.62 Å². The van der Waals surface area contributed by atoms with Crippen molar-refractivity contribution in [2.45, 2.75) is 0 Å². The van der Waals surface area contributed by atoms with Crippen molar-refractivity contribution in [3.8, 4) is 0 Å². The smallest absolute Gasteiger partial charge is 0.227 e. The zero-order chi connectivity index (χ0) is 10.4. The third kappa shape index (κ3) is 3.05. The summed E-state index contributed by atoms with van der Waals surface area (Å²) in [6.45, 7) is 0. The normalized spacial score (nSPS) is 11.1. The summed E-state index contributed by atoms with van der Waals surface area (Å²) in [6, 6.07) is 7.01. The second-order valence-electron chi connectivity index (χ2n) is 2.31. The highest BCUT2D eigenvalue weighted by Gasteiger charge is 2.02. The molecule has 74 valence electrons. The highest BCUT2D eigenvalue weighted by atomic mass is 35.5. The van der Waals surface area contributed by atoms with E-state index in [4.69, 9.17) is 16.3 Å². The number of halogens is 1. The molecule has 5 heteroatoms. The number of nitrogens with zero attached hydrogens (tertiary/aromatic N) is 1. The van der Waals surface area contributed by atoms with E-state index in [9.17, 15) is 4.79 Å². The summed E-state index contributed by atoms with van der Waals surface area (Å²) >= 11 is 6.51. The van der Waals surface area contributed by atoms with Crippen LogP contribution in [-0.4, -0.2) is 18.6 Å². The standard InChI is InChI=1S/C9H8ClNO2S/c1-13-9(11-14-6-12)7-2-4-8(10)5-3-7/h2-6H,1H3/b11-9-. The molecule has 0 amide bonds. The van der Waals surface area contributed by atoms with E-state index in [2.05, 4.69) is 4.40 Å². The Bertz CT molecular complexity index is 337. The van der Waals surface area contributed by atoms with Gasteiger partial charge in [0.2, 0.25) is 5.90 Å². The fourth-order valence-corrected chi connectivity index (χ4v) is 1.31. The molecule has 0 aromatic heterocycles. The van der Waals surface area contributed by atoms with Gasteiger partial charge in [0.25, 0.3) is 0 Å². The summed E-state index contributed by atoms with van der Waals surface area (Å²) < 4.78 is 8.87. The van der Waals surface area contributed by atoms with Crippen molar-refractivity contribution in [2.75, 3.05) is 7.11 Å². The molecule has 0 saturated heterocycles.